The molecule has 0 spiro atoms. The van der Waals surface area contributed by atoms with Gasteiger partial charge in [-0.2, -0.15) is 0 Å². The summed E-state index contributed by atoms with van der Waals surface area (Å²) in [5, 5.41) is 21.5. The molecule has 8 heteroatoms. The number of hydrogen-bond acceptors (Lipinski definition) is 3. The van der Waals surface area contributed by atoms with Crippen LogP contribution in [0.2, 0.25) is 0 Å². The fraction of sp³-hybridized carbons (Fsp3) is 0. The zero-order chi connectivity index (χ0) is 3.58. The van der Waals surface area contributed by atoms with Crippen molar-refractivity contribution in [2.45, 2.75) is 0 Å². The maximum atomic E-state index is 7.17. The second-order valence-corrected chi connectivity index (χ2v) is 0.346. The SMILES string of the molecule is O.O.OB(O)O.[MgH2].[Zn]. The van der Waals surface area contributed by atoms with Crippen LogP contribution in [0.3, 0.4) is 0 Å². The predicted molar refractivity (Wildman–Crippen MR) is 28.2 cm³/mol. The number of hydrogen-bond donors (Lipinski definition) is 3. The first-order valence-corrected chi connectivity index (χ1v) is 0.775. The van der Waals surface area contributed by atoms with E-state index >= 15 is 0 Å². The molecular weight excluding hydrogens is 181 g/mol. The van der Waals surface area contributed by atoms with Crippen molar-refractivity contribution in [1.29, 1.82) is 0 Å². The fourth-order valence-corrected chi connectivity index (χ4v) is 0. The molecule has 0 radical (unpaired) electrons. The molecule has 0 saturated heterocycles. The minimum Gasteiger partial charge on any atom is -0.412 e. The van der Waals surface area contributed by atoms with Gasteiger partial charge in [-0.3, -0.25) is 0 Å². The Bertz CT molecular complexity index is 17.1. The van der Waals surface area contributed by atoms with Crippen molar-refractivity contribution in [3.05, 3.63) is 0 Å². The molecule has 0 saturated carbocycles. The van der Waals surface area contributed by atoms with Gasteiger partial charge >= 0.3 is 30.4 Å². The van der Waals surface area contributed by atoms with E-state index in [0.29, 0.717) is 0 Å². The summed E-state index contributed by atoms with van der Waals surface area (Å²) in [7, 11) is -2.17. The molecule has 0 fully saturated rings. The van der Waals surface area contributed by atoms with Gasteiger partial charge < -0.3 is 26.0 Å². The Balaban J connectivity index is -0.00000000750. The maximum Gasteiger partial charge on any atom is 0.631 e. The topological polar surface area (TPSA) is 124 Å². The molecule has 5 nitrogen and oxygen atoms in total. The molecule has 0 rings (SSSR count). The summed E-state index contributed by atoms with van der Waals surface area (Å²) in [4.78, 5) is 0. The Morgan fingerprint density at radius 1 is 0.875 bits per heavy atom. The summed E-state index contributed by atoms with van der Waals surface area (Å²) in [6.07, 6.45) is 0. The molecule has 0 aliphatic carbocycles. The molecule has 0 aliphatic rings. The van der Waals surface area contributed by atoms with Gasteiger partial charge in [0.1, 0.15) is 0 Å². The first-order chi connectivity index (χ1) is 1.73. The summed E-state index contributed by atoms with van der Waals surface area (Å²) in [6, 6.07) is 0. The zero-order valence-electron chi connectivity index (χ0n) is 3.63. The van der Waals surface area contributed by atoms with E-state index in [4.69, 9.17) is 15.1 Å². The van der Waals surface area contributed by atoms with Gasteiger partial charge in [-0.1, -0.05) is 0 Å². The summed E-state index contributed by atoms with van der Waals surface area (Å²) < 4.78 is 0. The van der Waals surface area contributed by atoms with Crippen LogP contribution in [-0.4, -0.2) is 56.4 Å². The van der Waals surface area contributed by atoms with Crippen LogP contribution in [0.4, 0.5) is 0 Å². The van der Waals surface area contributed by atoms with Crippen LogP contribution in [0.25, 0.3) is 0 Å². The van der Waals surface area contributed by atoms with Gasteiger partial charge in [0.15, 0.2) is 0 Å². The standard InChI is InChI=1S/BH3O3.Mg.2H2O.Zn.2H/c2-1(3)4;;;;;;/h2-4H;;2*1H2;;;. The predicted octanol–water partition coefficient (Wildman–Crippen LogP) is -4.62. The normalized spacial score (nSPS) is 3.38. The molecule has 7 N–H and O–H groups in total. The Morgan fingerprint density at radius 2 is 0.875 bits per heavy atom. The second kappa shape index (κ2) is 24.0. The smallest absolute Gasteiger partial charge is 0.412 e. The van der Waals surface area contributed by atoms with E-state index < -0.39 is 7.32 Å². The molecule has 0 unspecified atom stereocenters. The van der Waals surface area contributed by atoms with Gasteiger partial charge in [-0.15, -0.1) is 0 Å². The number of rotatable bonds is 0. The van der Waals surface area contributed by atoms with Crippen LogP contribution in [0.15, 0.2) is 0 Å². The van der Waals surface area contributed by atoms with E-state index in [1.807, 2.05) is 0 Å². The van der Waals surface area contributed by atoms with Crippen LogP contribution >= 0.6 is 0 Å². The average molecular weight is 190 g/mol. The summed E-state index contributed by atoms with van der Waals surface area (Å²) in [5.41, 5.74) is 0. The van der Waals surface area contributed by atoms with Crippen LogP contribution in [0, 0.1) is 0 Å². The summed E-state index contributed by atoms with van der Waals surface area (Å²) in [5.74, 6) is 0. The maximum absolute atomic E-state index is 7.17. The summed E-state index contributed by atoms with van der Waals surface area (Å²) in [6.45, 7) is 0. The minimum atomic E-state index is -2.17. The molecule has 0 heterocycles. The van der Waals surface area contributed by atoms with Crippen LogP contribution in [0.5, 0.6) is 0 Å². The second-order valence-electron chi connectivity index (χ2n) is 0.346. The van der Waals surface area contributed by atoms with E-state index in [0.717, 1.165) is 0 Å². The molecule has 0 aromatic rings. The van der Waals surface area contributed by atoms with Gasteiger partial charge in [0, 0.05) is 19.5 Å². The van der Waals surface area contributed by atoms with Crippen molar-refractivity contribution in [1.82, 2.24) is 0 Å². The third kappa shape index (κ3) is 180. The third-order valence-electron chi connectivity index (χ3n) is 0. The van der Waals surface area contributed by atoms with Crippen LogP contribution < -0.4 is 0 Å². The van der Waals surface area contributed by atoms with Crippen LogP contribution in [0.1, 0.15) is 0 Å². The van der Waals surface area contributed by atoms with Gasteiger partial charge in [0.2, 0.25) is 0 Å². The molecule has 0 aliphatic heterocycles. The molecule has 0 bridgehead atoms. The molecule has 46 valence electrons. The van der Waals surface area contributed by atoms with E-state index in [1.165, 1.54) is 0 Å². The van der Waals surface area contributed by atoms with Crippen molar-refractivity contribution < 1.29 is 45.5 Å². The molecule has 8 heavy (non-hydrogen) atoms. The summed E-state index contributed by atoms with van der Waals surface area (Å²) >= 11 is 0. The molecule has 0 aromatic heterocycles. The van der Waals surface area contributed by atoms with E-state index in [9.17, 15) is 0 Å². The molecular formula is H9BMgO5Zn. The van der Waals surface area contributed by atoms with Crippen molar-refractivity contribution in [2.75, 3.05) is 0 Å². The van der Waals surface area contributed by atoms with Crippen LogP contribution in [-0.2, 0) is 19.5 Å². The van der Waals surface area contributed by atoms with Gasteiger partial charge in [-0.25, -0.2) is 0 Å². The van der Waals surface area contributed by atoms with E-state index in [2.05, 4.69) is 0 Å². The Labute approximate surface area is 75.8 Å². The first-order valence-electron chi connectivity index (χ1n) is 0.775. The largest absolute Gasteiger partial charge is 0.631 e. The Morgan fingerprint density at radius 3 is 0.875 bits per heavy atom. The Hall–Kier alpha value is 1.25. The molecule has 0 atom stereocenters. The quantitative estimate of drug-likeness (QED) is 0.332. The van der Waals surface area contributed by atoms with Gasteiger partial charge in [-0.05, 0) is 0 Å². The fourth-order valence-electron chi connectivity index (χ4n) is 0. The van der Waals surface area contributed by atoms with Crippen molar-refractivity contribution in [3.8, 4) is 0 Å². The van der Waals surface area contributed by atoms with E-state index in [-0.39, 0.29) is 53.5 Å². The average Bonchev–Trinajstić information content (AvgIpc) is 0.811. The van der Waals surface area contributed by atoms with E-state index in [1.54, 1.807) is 0 Å². The molecule has 0 aromatic carbocycles. The molecule has 0 amide bonds. The van der Waals surface area contributed by atoms with Gasteiger partial charge in [0.05, 0.1) is 0 Å². The zero-order valence-corrected chi connectivity index (χ0v) is 6.59. The first kappa shape index (κ1) is 34.8. The Kier molecular flexibility index (Phi) is 105. The third-order valence-corrected chi connectivity index (χ3v) is 0. The van der Waals surface area contributed by atoms with Crippen molar-refractivity contribution in [3.63, 3.8) is 0 Å². The monoisotopic (exact) mass is 188 g/mol. The minimum absolute atomic E-state index is 0. The van der Waals surface area contributed by atoms with Gasteiger partial charge in [0.25, 0.3) is 0 Å². The van der Waals surface area contributed by atoms with Crippen molar-refractivity contribution in [2.24, 2.45) is 0 Å². The van der Waals surface area contributed by atoms with Crippen molar-refractivity contribution >= 4 is 30.4 Å².